The number of guanidine groups is 1. The second-order valence-electron chi connectivity index (χ2n) is 5.48. The summed E-state index contributed by atoms with van der Waals surface area (Å²) in [5, 5.41) is 15.1. The Kier molecular flexibility index (Phi) is 5.18. The maximum atomic E-state index is 4.62. The normalized spacial score (nSPS) is 13.9. The van der Waals surface area contributed by atoms with Crippen molar-refractivity contribution in [2.75, 3.05) is 13.1 Å². The van der Waals surface area contributed by atoms with Crippen LogP contribution in [0.1, 0.15) is 30.7 Å². The van der Waals surface area contributed by atoms with E-state index in [0.717, 1.165) is 62.2 Å². The molecule has 7 nitrogen and oxygen atoms in total. The van der Waals surface area contributed by atoms with E-state index in [1.165, 1.54) is 0 Å². The summed E-state index contributed by atoms with van der Waals surface area (Å²) in [4.78, 5) is 8.94. The maximum Gasteiger partial charge on any atom is 0.191 e. The molecule has 0 amide bonds. The lowest BCUT2D eigenvalue weighted by Crippen LogP contribution is -2.38. The molecule has 0 atom stereocenters. The number of aromatic nitrogens is 4. The van der Waals surface area contributed by atoms with Gasteiger partial charge in [0, 0.05) is 44.4 Å². The van der Waals surface area contributed by atoms with Gasteiger partial charge in [0.25, 0.3) is 0 Å². The Balaban J connectivity index is 1.55. The minimum atomic E-state index is 0.548. The van der Waals surface area contributed by atoms with E-state index in [-0.39, 0.29) is 0 Å². The van der Waals surface area contributed by atoms with Crippen LogP contribution < -0.4 is 10.6 Å². The molecule has 1 aliphatic heterocycles. The first-order valence-corrected chi connectivity index (χ1v) is 8.20. The molecule has 0 aliphatic carbocycles. The van der Waals surface area contributed by atoms with Crippen molar-refractivity contribution in [1.82, 2.24) is 30.4 Å². The van der Waals surface area contributed by atoms with Crippen LogP contribution in [0.25, 0.3) is 0 Å². The Bertz CT molecular complexity index is 648. The number of aryl methyl sites for hydroxylation is 1. The molecule has 2 N–H and O–H groups in total. The van der Waals surface area contributed by atoms with Crippen LogP contribution in [0.15, 0.2) is 29.4 Å². The van der Waals surface area contributed by atoms with Crippen molar-refractivity contribution >= 4 is 5.96 Å². The van der Waals surface area contributed by atoms with Crippen LogP contribution in [-0.4, -0.2) is 38.8 Å². The van der Waals surface area contributed by atoms with E-state index < -0.39 is 0 Å². The summed E-state index contributed by atoms with van der Waals surface area (Å²) in [5.41, 5.74) is 1.08. The standard InChI is InChI=1S/C16H23N7/c1-2-17-16(19-10-8-13-6-3-4-9-18-13)20-12-15-22-21-14-7-5-11-23(14)15/h3-4,6,9H,2,5,7-8,10-12H2,1H3,(H2,17,19,20). The zero-order valence-corrected chi connectivity index (χ0v) is 13.5. The number of rotatable bonds is 6. The summed E-state index contributed by atoms with van der Waals surface area (Å²) in [6.07, 6.45) is 4.87. The van der Waals surface area contributed by atoms with Crippen molar-refractivity contribution in [3.63, 3.8) is 0 Å². The molecule has 0 bridgehead atoms. The Labute approximate surface area is 136 Å². The average molecular weight is 313 g/mol. The summed E-state index contributed by atoms with van der Waals surface area (Å²) in [7, 11) is 0. The van der Waals surface area contributed by atoms with Gasteiger partial charge in [0.2, 0.25) is 0 Å². The second-order valence-corrected chi connectivity index (χ2v) is 5.48. The van der Waals surface area contributed by atoms with Crippen molar-refractivity contribution < 1.29 is 0 Å². The zero-order chi connectivity index (χ0) is 15.9. The number of nitrogens with one attached hydrogen (secondary N) is 2. The minimum Gasteiger partial charge on any atom is -0.357 e. The monoisotopic (exact) mass is 313 g/mol. The maximum absolute atomic E-state index is 4.62. The number of fused-ring (bicyclic) bond motifs is 1. The first-order valence-electron chi connectivity index (χ1n) is 8.20. The number of hydrogen-bond acceptors (Lipinski definition) is 4. The first kappa shape index (κ1) is 15.5. The Morgan fingerprint density at radius 2 is 2.26 bits per heavy atom. The van der Waals surface area contributed by atoms with Crippen LogP contribution in [0, 0.1) is 0 Å². The first-order chi connectivity index (χ1) is 11.4. The largest absolute Gasteiger partial charge is 0.357 e. The van der Waals surface area contributed by atoms with Crippen molar-refractivity contribution in [3.05, 3.63) is 41.7 Å². The van der Waals surface area contributed by atoms with E-state index in [4.69, 9.17) is 0 Å². The van der Waals surface area contributed by atoms with Gasteiger partial charge in [-0.25, -0.2) is 4.99 Å². The van der Waals surface area contributed by atoms with Crippen molar-refractivity contribution in [1.29, 1.82) is 0 Å². The lowest BCUT2D eigenvalue weighted by molar-refractivity contribution is 0.684. The molecule has 23 heavy (non-hydrogen) atoms. The summed E-state index contributed by atoms with van der Waals surface area (Å²) in [5.74, 6) is 2.83. The fraction of sp³-hybridized carbons (Fsp3) is 0.500. The summed E-state index contributed by atoms with van der Waals surface area (Å²) in [6.45, 7) is 5.24. The molecule has 7 heteroatoms. The van der Waals surface area contributed by atoms with Crippen LogP contribution in [0.2, 0.25) is 0 Å². The second kappa shape index (κ2) is 7.71. The highest BCUT2D eigenvalue weighted by Crippen LogP contribution is 2.14. The van der Waals surface area contributed by atoms with Gasteiger partial charge < -0.3 is 15.2 Å². The van der Waals surface area contributed by atoms with Crippen molar-refractivity contribution in [2.24, 2.45) is 4.99 Å². The van der Waals surface area contributed by atoms with Crippen LogP contribution in [0.4, 0.5) is 0 Å². The van der Waals surface area contributed by atoms with Crippen molar-refractivity contribution in [3.8, 4) is 0 Å². The third-order valence-electron chi connectivity index (χ3n) is 3.81. The molecule has 0 spiro atoms. The summed E-state index contributed by atoms with van der Waals surface area (Å²) < 4.78 is 2.18. The SMILES string of the molecule is CCNC(=NCc1nnc2n1CCC2)NCCc1ccccn1. The molecule has 0 radical (unpaired) electrons. The minimum absolute atomic E-state index is 0.548. The molecule has 1 aliphatic rings. The molecule has 2 aromatic heterocycles. The van der Waals surface area contributed by atoms with Gasteiger partial charge in [-0.2, -0.15) is 0 Å². The van der Waals surface area contributed by atoms with E-state index in [2.05, 4.69) is 42.3 Å². The van der Waals surface area contributed by atoms with Crippen LogP contribution in [-0.2, 0) is 25.9 Å². The highest BCUT2D eigenvalue weighted by Gasteiger charge is 2.16. The Morgan fingerprint density at radius 3 is 3.09 bits per heavy atom. The summed E-state index contributed by atoms with van der Waals surface area (Å²) in [6, 6.07) is 5.97. The smallest absolute Gasteiger partial charge is 0.191 e. The third-order valence-corrected chi connectivity index (χ3v) is 3.81. The molecule has 2 aromatic rings. The molecule has 0 aromatic carbocycles. The van der Waals surface area contributed by atoms with Crippen LogP contribution in [0.5, 0.6) is 0 Å². The predicted octanol–water partition coefficient (Wildman–Crippen LogP) is 0.917. The molecule has 0 saturated heterocycles. The number of pyridine rings is 1. The van der Waals surface area contributed by atoms with Crippen molar-refractivity contribution in [2.45, 2.75) is 39.3 Å². The lowest BCUT2D eigenvalue weighted by Gasteiger charge is -2.11. The predicted molar refractivity (Wildman–Crippen MR) is 89.1 cm³/mol. The number of aliphatic imine (C=N–C) groups is 1. The lowest BCUT2D eigenvalue weighted by atomic mass is 10.3. The summed E-state index contributed by atoms with van der Waals surface area (Å²) >= 11 is 0. The fourth-order valence-corrected chi connectivity index (χ4v) is 2.67. The van der Waals surface area contributed by atoms with Crippen LogP contribution in [0.3, 0.4) is 0 Å². The van der Waals surface area contributed by atoms with Gasteiger partial charge in [-0.3, -0.25) is 4.98 Å². The van der Waals surface area contributed by atoms with E-state index in [1.807, 2.05) is 24.4 Å². The zero-order valence-electron chi connectivity index (χ0n) is 13.5. The van der Waals surface area contributed by atoms with Crippen LogP contribution >= 0.6 is 0 Å². The molecule has 3 heterocycles. The highest BCUT2D eigenvalue weighted by atomic mass is 15.3. The van der Waals surface area contributed by atoms with E-state index in [0.29, 0.717) is 6.54 Å². The van der Waals surface area contributed by atoms with Gasteiger partial charge in [-0.1, -0.05) is 6.07 Å². The quantitative estimate of drug-likeness (QED) is 0.612. The topological polar surface area (TPSA) is 80.0 Å². The van der Waals surface area contributed by atoms with Gasteiger partial charge in [-0.05, 0) is 25.5 Å². The van der Waals surface area contributed by atoms with E-state index in [9.17, 15) is 0 Å². The molecule has 0 saturated carbocycles. The van der Waals surface area contributed by atoms with Gasteiger partial charge in [-0.15, -0.1) is 10.2 Å². The molecule has 122 valence electrons. The molecule has 0 unspecified atom stereocenters. The van der Waals surface area contributed by atoms with Gasteiger partial charge in [0.15, 0.2) is 11.8 Å². The number of nitrogens with zero attached hydrogens (tertiary/aromatic N) is 5. The third kappa shape index (κ3) is 4.06. The number of hydrogen-bond donors (Lipinski definition) is 2. The Morgan fingerprint density at radius 1 is 1.30 bits per heavy atom. The van der Waals surface area contributed by atoms with E-state index >= 15 is 0 Å². The van der Waals surface area contributed by atoms with Gasteiger partial charge >= 0.3 is 0 Å². The highest BCUT2D eigenvalue weighted by molar-refractivity contribution is 5.79. The molecular formula is C16H23N7. The molecule has 3 rings (SSSR count). The van der Waals surface area contributed by atoms with Gasteiger partial charge in [0.1, 0.15) is 12.4 Å². The average Bonchev–Trinajstić information content (AvgIpc) is 3.17. The Hall–Kier alpha value is -2.44. The van der Waals surface area contributed by atoms with Gasteiger partial charge in [0.05, 0.1) is 0 Å². The van der Waals surface area contributed by atoms with E-state index in [1.54, 1.807) is 0 Å². The fourth-order valence-electron chi connectivity index (χ4n) is 2.67. The molecule has 0 fully saturated rings. The molecular weight excluding hydrogens is 290 g/mol.